The van der Waals surface area contributed by atoms with Crippen LogP contribution in [0.25, 0.3) is 11.0 Å². The van der Waals surface area contributed by atoms with Crippen molar-refractivity contribution in [2.24, 2.45) is 0 Å². The Kier molecular flexibility index (Phi) is 3.40. The second-order valence-corrected chi connectivity index (χ2v) is 4.43. The van der Waals surface area contributed by atoms with Gasteiger partial charge in [-0.1, -0.05) is 0 Å². The smallest absolute Gasteiger partial charge is 0.251 e. The molecule has 0 fully saturated rings. The van der Waals surface area contributed by atoms with Gasteiger partial charge in [-0.3, -0.25) is 9.89 Å². The summed E-state index contributed by atoms with van der Waals surface area (Å²) in [6, 6.07) is 5.40. The number of aryl methyl sites for hydroxylation is 1. The molecule has 0 spiro atoms. The number of nitrogens with one attached hydrogen (secondary N) is 3. The zero-order chi connectivity index (χ0) is 13.8. The van der Waals surface area contributed by atoms with Gasteiger partial charge in [-0.2, -0.15) is 5.10 Å². The van der Waals surface area contributed by atoms with E-state index in [1.807, 2.05) is 6.07 Å². The van der Waals surface area contributed by atoms with Crippen molar-refractivity contribution < 1.29 is 4.79 Å². The van der Waals surface area contributed by atoms with Crippen LogP contribution in [-0.2, 0) is 6.42 Å². The van der Waals surface area contributed by atoms with Crippen LogP contribution < -0.4 is 5.32 Å². The normalized spacial score (nSPS) is 10.8. The van der Waals surface area contributed by atoms with Crippen molar-refractivity contribution in [3.8, 4) is 0 Å². The summed E-state index contributed by atoms with van der Waals surface area (Å²) >= 11 is 0. The minimum atomic E-state index is -0.0842. The highest BCUT2D eigenvalue weighted by molar-refractivity contribution is 5.97. The molecular formula is C13H14N6O. The SMILES string of the molecule is O=C(NCCCc1ncn[nH]1)c1ccc2nc[nH]c2c1. The van der Waals surface area contributed by atoms with Gasteiger partial charge in [0.1, 0.15) is 12.2 Å². The predicted molar refractivity (Wildman–Crippen MR) is 73.1 cm³/mol. The summed E-state index contributed by atoms with van der Waals surface area (Å²) in [5.74, 6) is 0.747. The number of nitrogens with zero attached hydrogens (tertiary/aromatic N) is 3. The monoisotopic (exact) mass is 270 g/mol. The highest BCUT2D eigenvalue weighted by atomic mass is 16.1. The molecule has 1 amide bonds. The molecule has 7 heteroatoms. The number of fused-ring (bicyclic) bond motifs is 1. The van der Waals surface area contributed by atoms with E-state index in [4.69, 9.17) is 0 Å². The molecule has 0 aliphatic carbocycles. The summed E-state index contributed by atoms with van der Waals surface area (Å²) in [7, 11) is 0. The number of rotatable bonds is 5. The minimum absolute atomic E-state index is 0.0842. The quantitative estimate of drug-likeness (QED) is 0.603. The number of amides is 1. The molecule has 2 aromatic heterocycles. The molecule has 0 aliphatic heterocycles. The maximum atomic E-state index is 12.0. The number of carbonyl (C=O) groups excluding carboxylic acids is 1. The maximum Gasteiger partial charge on any atom is 0.251 e. The largest absolute Gasteiger partial charge is 0.352 e. The summed E-state index contributed by atoms with van der Waals surface area (Å²) in [5, 5.41) is 9.45. The molecular weight excluding hydrogens is 256 g/mol. The molecule has 102 valence electrons. The third kappa shape index (κ3) is 2.66. The molecule has 3 rings (SSSR count). The summed E-state index contributed by atoms with van der Waals surface area (Å²) in [4.78, 5) is 23.1. The van der Waals surface area contributed by atoms with E-state index < -0.39 is 0 Å². The van der Waals surface area contributed by atoms with E-state index in [0.717, 1.165) is 29.7 Å². The molecule has 0 saturated heterocycles. The lowest BCUT2D eigenvalue weighted by Crippen LogP contribution is -2.24. The van der Waals surface area contributed by atoms with Crippen molar-refractivity contribution in [2.45, 2.75) is 12.8 Å². The molecule has 0 unspecified atom stereocenters. The van der Waals surface area contributed by atoms with E-state index >= 15 is 0 Å². The number of benzene rings is 1. The van der Waals surface area contributed by atoms with Gasteiger partial charge in [-0.15, -0.1) is 0 Å². The third-order valence-electron chi connectivity index (χ3n) is 3.02. The van der Waals surface area contributed by atoms with E-state index in [9.17, 15) is 4.79 Å². The van der Waals surface area contributed by atoms with Crippen LogP contribution in [0.2, 0.25) is 0 Å². The molecule has 7 nitrogen and oxygen atoms in total. The Balaban J connectivity index is 1.53. The number of carbonyl (C=O) groups is 1. The first-order valence-corrected chi connectivity index (χ1v) is 6.38. The van der Waals surface area contributed by atoms with Crippen LogP contribution >= 0.6 is 0 Å². The van der Waals surface area contributed by atoms with E-state index in [0.29, 0.717) is 12.1 Å². The van der Waals surface area contributed by atoms with Crippen molar-refractivity contribution in [1.82, 2.24) is 30.5 Å². The zero-order valence-corrected chi connectivity index (χ0v) is 10.8. The molecule has 0 atom stereocenters. The highest BCUT2D eigenvalue weighted by Crippen LogP contribution is 2.11. The Morgan fingerprint density at radius 1 is 1.30 bits per heavy atom. The third-order valence-corrected chi connectivity index (χ3v) is 3.02. The summed E-state index contributed by atoms with van der Waals surface area (Å²) in [5.41, 5.74) is 2.34. The van der Waals surface area contributed by atoms with E-state index in [1.165, 1.54) is 6.33 Å². The van der Waals surface area contributed by atoms with Crippen molar-refractivity contribution in [2.75, 3.05) is 6.54 Å². The minimum Gasteiger partial charge on any atom is -0.352 e. The van der Waals surface area contributed by atoms with Crippen molar-refractivity contribution >= 4 is 16.9 Å². The molecule has 0 radical (unpaired) electrons. The van der Waals surface area contributed by atoms with Crippen molar-refractivity contribution in [1.29, 1.82) is 0 Å². The molecule has 3 N–H and O–H groups in total. The Morgan fingerprint density at radius 2 is 2.25 bits per heavy atom. The van der Waals surface area contributed by atoms with Crippen molar-refractivity contribution in [3.63, 3.8) is 0 Å². The first-order chi connectivity index (χ1) is 9.83. The molecule has 0 bridgehead atoms. The fourth-order valence-corrected chi connectivity index (χ4v) is 1.99. The molecule has 2 heterocycles. The van der Waals surface area contributed by atoms with Gasteiger partial charge in [0, 0.05) is 18.5 Å². The van der Waals surface area contributed by atoms with Crippen LogP contribution in [0.15, 0.2) is 30.9 Å². The molecule has 0 saturated carbocycles. The van der Waals surface area contributed by atoms with Gasteiger partial charge in [-0.25, -0.2) is 9.97 Å². The Morgan fingerprint density at radius 3 is 3.10 bits per heavy atom. The number of hydrogen-bond donors (Lipinski definition) is 3. The lowest BCUT2D eigenvalue weighted by atomic mass is 10.2. The van der Waals surface area contributed by atoms with Crippen LogP contribution in [0.5, 0.6) is 0 Å². The second kappa shape index (κ2) is 5.52. The predicted octanol–water partition coefficient (Wildman–Crippen LogP) is 1.04. The number of imidazole rings is 1. The number of hydrogen-bond acceptors (Lipinski definition) is 4. The van der Waals surface area contributed by atoms with Crippen LogP contribution in [0, 0.1) is 0 Å². The number of H-pyrrole nitrogens is 2. The first kappa shape index (κ1) is 12.3. The average Bonchev–Trinajstić information content (AvgIpc) is 3.13. The zero-order valence-electron chi connectivity index (χ0n) is 10.8. The van der Waals surface area contributed by atoms with Crippen LogP contribution in [0.1, 0.15) is 22.6 Å². The lowest BCUT2D eigenvalue weighted by Gasteiger charge is -2.04. The van der Waals surface area contributed by atoms with Gasteiger partial charge in [0.15, 0.2) is 0 Å². The van der Waals surface area contributed by atoms with E-state index in [1.54, 1.807) is 18.5 Å². The van der Waals surface area contributed by atoms with E-state index in [-0.39, 0.29) is 5.91 Å². The van der Waals surface area contributed by atoms with E-state index in [2.05, 4.69) is 30.5 Å². The standard InChI is InChI=1S/C13H14N6O/c20-13(14-5-1-2-12-17-8-18-19-12)9-3-4-10-11(6-9)16-7-15-10/h3-4,6-8H,1-2,5H2,(H,14,20)(H,15,16)(H,17,18,19). The van der Waals surface area contributed by atoms with Crippen LogP contribution in [0.3, 0.4) is 0 Å². The Bertz CT molecular complexity index is 703. The van der Waals surface area contributed by atoms with Gasteiger partial charge >= 0.3 is 0 Å². The van der Waals surface area contributed by atoms with Crippen LogP contribution in [-0.4, -0.2) is 37.6 Å². The second-order valence-electron chi connectivity index (χ2n) is 4.43. The van der Waals surface area contributed by atoms with Gasteiger partial charge in [0.2, 0.25) is 0 Å². The van der Waals surface area contributed by atoms with Gasteiger partial charge < -0.3 is 10.3 Å². The molecule has 20 heavy (non-hydrogen) atoms. The Hall–Kier alpha value is -2.70. The van der Waals surface area contributed by atoms with Gasteiger partial charge in [-0.05, 0) is 24.6 Å². The van der Waals surface area contributed by atoms with Gasteiger partial charge in [0.25, 0.3) is 5.91 Å². The van der Waals surface area contributed by atoms with Gasteiger partial charge in [0.05, 0.1) is 17.4 Å². The molecule has 1 aromatic carbocycles. The summed E-state index contributed by atoms with van der Waals surface area (Å²) in [6.07, 6.45) is 4.67. The molecule has 3 aromatic rings. The van der Waals surface area contributed by atoms with Crippen molar-refractivity contribution in [3.05, 3.63) is 42.2 Å². The maximum absolute atomic E-state index is 12.0. The highest BCUT2D eigenvalue weighted by Gasteiger charge is 2.06. The van der Waals surface area contributed by atoms with Crippen LogP contribution in [0.4, 0.5) is 0 Å². The fourth-order valence-electron chi connectivity index (χ4n) is 1.99. The summed E-state index contributed by atoms with van der Waals surface area (Å²) < 4.78 is 0. The number of aromatic nitrogens is 5. The lowest BCUT2D eigenvalue weighted by molar-refractivity contribution is 0.0953. The first-order valence-electron chi connectivity index (χ1n) is 6.38. The fraction of sp³-hybridized carbons (Fsp3) is 0.231. The topological polar surface area (TPSA) is 99.3 Å². The molecule has 0 aliphatic rings. The Labute approximate surface area is 114 Å². The summed E-state index contributed by atoms with van der Waals surface area (Å²) in [6.45, 7) is 0.598. The number of aromatic amines is 2. The average molecular weight is 270 g/mol.